The Balaban J connectivity index is 1.63. The van der Waals surface area contributed by atoms with Gasteiger partial charge in [0.1, 0.15) is 10.8 Å². The van der Waals surface area contributed by atoms with Crippen LogP contribution >= 0.6 is 11.6 Å². The van der Waals surface area contributed by atoms with Gasteiger partial charge in [-0.1, -0.05) is 23.7 Å². The summed E-state index contributed by atoms with van der Waals surface area (Å²) in [4.78, 5) is 12.7. The van der Waals surface area contributed by atoms with Crippen LogP contribution in [0.1, 0.15) is 38.7 Å². The number of nitrogens with zero attached hydrogens (tertiary/aromatic N) is 3. The molecule has 4 rings (SSSR count). The molecule has 10 nitrogen and oxygen atoms in total. The highest BCUT2D eigenvalue weighted by Crippen LogP contribution is 2.36. The molecular formula is C25H32ClN7O3S. The summed E-state index contributed by atoms with van der Waals surface area (Å²) in [6.45, 7) is 4.90. The van der Waals surface area contributed by atoms with Crippen LogP contribution in [-0.2, 0) is 9.84 Å². The molecular weight excluding hydrogens is 514 g/mol. The SMILES string of the molecule is CN=CC(Nc1nc(Nc2ccc(C3=CCNCC3)cc2OC2CC2)ncc1Cl)=C(N)S(=O)(=O)C(C)C. The summed E-state index contributed by atoms with van der Waals surface area (Å²) in [5.74, 6) is 1.15. The fraction of sp³-hybridized carbons (Fsp3) is 0.400. The number of aromatic nitrogens is 2. The molecule has 0 spiro atoms. The summed E-state index contributed by atoms with van der Waals surface area (Å²) in [7, 11) is -2.23. The zero-order chi connectivity index (χ0) is 26.6. The van der Waals surface area contributed by atoms with Crippen LogP contribution in [0, 0.1) is 0 Å². The van der Waals surface area contributed by atoms with E-state index < -0.39 is 15.1 Å². The van der Waals surface area contributed by atoms with Crippen molar-refractivity contribution in [3.8, 4) is 5.75 Å². The average Bonchev–Trinajstić information content (AvgIpc) is 3.70. The predicted molar refractivity (Wildman–Crippen MR) is 149 cm³/mol. The fourth-order valence-corrected chi connectivity index (χ4v) is 4.69. The van der Waals surface area contributed by atoms with E-state index in [1.165, 1.54) is 25.0 Å². The maximum atomic E-state index is 12.6. The first-order valence-corrected chi connectivity index (χ1v) is 14.0. The molecule has 0 saturated heterocycles. The Hall–Kier alpha value is -3.15. The van der Waals surface area contributed by atoms with Gasteiger partial charge in [0.25, 0.3) is 0 Å². The number of nitrogens with two attached hydrogens (primary N) is 1. The second-order valence-corrected chi connectivity index (χ2v) is 12.0. The van der Waals surface area contributed by atoms with Crippen LogP contribution in [-0.4, -0.2) is 56.1 Å². The fourth-order valence-electron chi connectivity index (χ4n) is 3.63. The molecule has 198 valence electrons. The third kappa shape index (κ3) is 6.60. The van der Waals surface area contributed by atoms with Gasteiger partial charge in [0.2, 0.25) is 5.95 Å². The molecule has 1 aliphatic carbocycles. The molecule has 0 unspecified atom stereocenters. The number of allylic oxidation sites excluding steroid dienone is 1. The van der Waals surface area contributed by atoms with Crippen molar-refractivity contribution in [2.75, 3.05) is 30.8 Å². The Morgan fingerprint density at radius 1 is 1.35 bits per heavy atom. The second-order valence-electron chi connectivity index (χ2n) is 9.11. The Bertz CT molecular complexity index is 1350. The molecule has 2 aromatic rings. The van der Waals surface area contributed by atoms with Crippen LogP contribution < -0.4 is 26.4 Å². The first-order chi connectivity index (χ1) is 17.7. The molecule has 2 aliphatic rings. The number of benzene rings is 1. The maximum absolute atomic E-state index is 12.6. The van der Waals surface area contributed by atoms with Crippen molar-refractivity contribution in [2.45, 2.75) is 44.5 Å². The Kier molecular flexibility index (Phi) is 8.35. The number of aliphatic imine (C=N–C) groups is 1. The molecule has 2 heterocycles. The molecule has 1 aromatic heterocycles. The average molecular weight is 546 g/mol. The number of hydrogen-bond donors (Lipinski definition) is 4. The highest BCUT2D eigenvalue weighted by atomic mass is 35.5. The van der Waals surface area contributed by atoms with Gasteiger partial charge in [-0.05, 0) is 62.9 Å². The van der Waals surface area contributed by atoms with E-state index in [1.54, 1.807) is 13.8 Å². The number of hydrogen-bond acceptors (Lipinski definition) is 10. The molecule has 12 heteroatoms. The van der Waals surface area contributed by atoms with Crippen molar-refractivity contribution in [1.82, 2.24) is 15.3 Å². The number of anilines is 3. The lowest BCUT2D eigenvalue weighted by atomic mass is 9.99. The number of ether oxygens (including phenoxy) is 1. The summed E-state index contributed by atoms with van der Waals surface area (Å²) < 4.78 is 31.4. The lowest BCUT2D eigenvalue weighted by molar-refractivity contribution is 0.304. The molecule has 1 fully saturated rings. The molecule has 1 saturated carbocycles. The second kappa shape index (κ2) is 11.5. The van der Waals surface area contributed by atoms with E-state index in [-0.39, 0.29) is 33.6 Å². The van der Waals surface area contributed by atoms with Gasteiger partial charge in [0.05, 0.1) is 28.9 Å². The van der Waals surface area contributed by atoms with Gasteiger partial charge in [-0.2, -0.15) is 4.98 Å². The minimum atomic E-state index is -3.74. The molecule has 5 N–H and O–H groups in total. The zero-order valence-electron chi connectivity index (χ0n) is 21.1. The first kappa shape index (κ1) is 26.9. The summed E-state index contributed by atoms with van der Waals surface area (Å²) in [6.07, 6.45) is 8.14. The lowest BCUT2D eigenvalue weighted by Gasteiger charge is -2.18. The van der Waals surface area contributed by atoms with Gasteiger partial charge in [0, 0.05) is 19.8 Å². The molecule has 1 aliphatic heterocycles. The summed E-state index contributed by atoms with van der Waals surface area (Å²) >= 11 is 6.33. The number of halogens is 1. The number of sulfone groups is 1. The van der Waals surface area contributed by atoms with Crippen molar-refractivity contribution < 1.29 is 13.2 Å². The molecule has 0 bridgehead atoms. The van der Waals surface area contributed by atoms with Crippen LogP contribution in [0.25, 0.3) is 5.57 Å². The van der Waals surface area contributed by atoms with E-state index in [2.05, 4.69) is 37.0 Å². The van der Waals surface area contributed by atoms with Gasteiger partial charge < -0.3 is 26.4 Å². The van der Waals surface area contributed by atoms with Crippen LogP contribution in [0.2, 0.25) is 5.02 Å². The van der Waals surface area contributed by atoms with Crippen molar-refractivity contribution in [2.24, 2.45) is 10.7 Å². The van der Waals surface area contributed by atoms with Gasteiger partial charge in [0.15, 0.2) is 20.7 Å². The van der Waals surface area contributed by atoms with Crippen molar-refractivity contribution in [1.29, 1.82) is 0 Å². The highest BCUT2D eigenvalue weighted by molar-refractivity contribution is 7.95. The Labute approximate surface area is 222 Å². The van der Waals surface area contributed by atoms with E-state index in [0.717, 1.165) is 43.7 Å². The van der Waals surface area contributed by atoms with E-state index in [0.29, 0.717) is 5.69 Å². The van der Waals surface area contributed by atoms with E-state index in [4.69, 9.17) is 22.1 Å². The van der Waals surface area contributed by atoms with E-state index in [1.807, 2.05) is 18.2 Å². The Morgan fingerprint density at radius 3 is 2.78 bits per heavy atom. The third-order valence-corrected chi connectivity index (χ3v) is 8.28. The maximum Gasteiger partial charge on any atom is 0.229 e. The Morgan fingerprint density at radius 2 is 2.14 bits per heavy atom. The summed E-state index contributed by atoms with van der Waals surface area (Å²) in [6, 6.07) is 6.04. The van der Waals surface area contributed by atoms with Crippen LogP contribution in [0.5, 0.6) is 5.75 Å². The van der Waals surface area contributed by atoms with Gasteiger partial charge in [-0.3, -0.25) is 4.99 Å². The third-order valence-electron chi connectivity index (χ3n) is 5.93. The zero-order valence-corrected chi connectivity index (χ0v) is 22.7. The normalized spacial score (nSPS) is 16.9. The molecule has 37 heavy (non-hydrogen) atoms. The highest BCUT2D eigenvalue weighted by Gasteiger charge is 2.26. The van der Waals surface area contributed by atoms with E-state index in [9.17, 15) is 8.42 Å². The van der Waals surface area contributed by atoms with Crippen LogP contribution in [0.4, 0.5) is 17.5 Å². The smallest absolute Gasteiger partial charge is 0.229 e. The van der Waals surface area contributed by atoms with Crippen LogP contribution in [0.15, 0.2) is 46.2 Å². The van der Waals surface area contributed by atoms with Crippen molar-refractivity contribution >= 4 is 50.7 Å². The van der Waals surface area contributed by atoms with Crippen LogP contribution in [0.3, 0.4) is 0 Å². The first-order valence-electron chi connectivity index (χ1n) is 12.1. The largest absolute Gasteiger partial charge is 0.488 e. The summed E-state index contributed by atoms with van der Waals surface area (Å²) in [5, 5.41) is 8.57. The molecule has 0 radical (unpaired) electrons. The summed E-state index contributed by atoms with van der Waals surface area (Å²) in [5.41, 5.74) is 9.19. The quantitative estimate of drug-likeness (QED) is 0.327. The van der Waals surface area contributed by atoms with Gasteiger partial charge >= 0.3 is 0 Å². The van der Waals surface area contributed by atoms with Gasteiger partial charge in [-0.25, -0.2) is 13.4 Å². The minimum absolute atomic E-state index is 0.0695. The number of rotatable bonds is 10. The number of nitrogens with one attached hydrogen (secondary N) is 3. The van der Waals surface area contributed by atoms with Gasteiger partial charge in [-0.15, -0.1) is 0 Å². The molecule has 1 aromatic carbocycles. The van der Waals surface area contributed by atoms with Crippen molar-refractivity contribution in [3.05, 3.63) is 51.8 Å². The molecule has 0 amide bonds. The lowest BCUT2D eigenvalue weighted by Crippen LogP contribution is -2.25. The topological polar surface area (TPSA) is 144 Å². The standard InChI is InChI=1S/C25H32ClN7O3S/c1-15(2)37(34,35)23(27)21(14-28-3)31-24-19(26)13-30-25(33-24)32-20-7-4-17(16-8-10-29-11-9-16)12-22(20)36-18-5-6-18/h4,7-8,12-15,18,29H,5-6,9-11,27H2,1-3H3,(H2,30,31,32,33). The monoisotopic (exact) mass is 545 g/mol. The van der Waals surface area contributed by atoms with E-state index >= 15 is 0 Å². The molecule has 0 atom stereocenters. The minimum Gasteiger partial charge on any atom is -0.488 e. The predicted octanol–water partition coefficient (Wildman–Crippen LogP) is 3.86. The van der Waals surface area contributed by atoms with Crippen molar-refractivity contribution in [3.63, 3.8) is 0 Å².